The second-order valence-electron chi connectivity index (χ2n) is 2.19. The summed E-state index contributed by atoms with van der Waals surface area (Å²) in [5.41, 5.74) is 4.94. The van der Waals surface area contributed by atoms with Gasteiger partial charge in [0.25, 0.3) is 0 Å². The van der Waals surface area contributed by atoms with Crippen molar-refractivity contribution in [2.75, 3.05) is 7.11 Å². The minimum Gasteiger partial charge on any atom is -0.548 e. The highest BCUT2D eigenvalue weighted by molar-refractivity contribution is 5.75. The van der Waals surface area contributed by atoms with Gasteiger partial charge < -0.3 is 25.5 Å². The molecule has 0 bridgehead atoms. The lowest BCUT2D eigenvalue weighted by Gasteiger charge is -2.17. The molecule has 0 saturated carbocycles. The first-order chi connectivity index (χ1) is 5.49. The average Bonchev–Trinajstić information content (AvgIpc) is 2.02. The normalized spacial score (nSPS) is 14.9. The third-order valence-corrected chi connectivity index (χ3v) is 1.29. The molecule has 0 rings (SSSR count). The molecule has 0 radical (unpaired) electrons. The highest BCUT2D eigenvalue weighted by Gasteiger charge is 2.19. The lowest BCUT2D eigenvalue weighted by atomic mass is 10.1. The van der Waals surface area contributed by atoms with Crippen LogP contribution in [0.2, 0.25) is 0 Å². The molecule has 70 valence electrons. The summed E-state index contributed by atoms with van der Waals surface area (Å²) < 4.78 is 4.18. The van der Waals surface area contributed by atoms with Crippen molar-refractivity contribution in [1.29, 1.82) is 0 Å². The number of aliphatic hydroxyl groups excluding tert-OH is 1. The first kappa shape index (κ1) is 10.9. The van der Waals surface area contributed by atoms with Crippen LogP contribution in [0.5, 0.6) is 0 Å². The van der Waals surface area contributed by atoms with E-state index in [1.807, 2.05) is 0 Å². The van der Waals surface area contributed by atoms with Crippen LogP contribution in [-0.2, 0) is 14.3 Å². The van der Waals surface area contributed by atoms with E-state index in [0.29, 0.717) is 0 Å². The summed E-state index contributed by atoms with van der Waals surface area (Å²) in [6, 6.07) is -1.57. The first-order valence-electron chi connectivity index (χ1n) is 3.20. The molecule has 0 unspecified atom stereocenters. The number of carbonyl (C=O) groups is 2. The fourth-order valence-electron chi connectivity index (χ4n) is 0.538. The van der Waals surface area contributed by atoms with Gasteiger partial charge in [0.15, 0.2) is 0 Å². The smallest absolute Gasteiger partial charge is 0.308 e. The molecule has 0 aromatic carbocycles. The van der Waals surface area contributed by atoms with Crippen LogP contribution in [0.4, 0.5) is 0 Å². The van der Waals surface area contributed by atoms with Crippen LogP contribution in [0, 0.1) is 0 Å². The fourth-order valence-corrected chi connectivity index (χ4v) is 0.538. The maximum atomic E-state index is 10.5. The van der Waals surface area contributed by atoms with Crippen molar-refractivity contribution in [3.63, 3.8) is 0 Å². The van der Waals surface area contributed by atoms with Gasteiger partial charge in [-0.3, -0.25) is 4.79 Å². The van der Waals surface area contributed by atoms with Crippen LogP contribution < -0.4 is 10.8 Å². The number of rotatable bonds is 4. The van der Waals surface area contributed by atoms with Gasteiger partial charge in [0.1, 0.15) is 0 Å². The van der Waals surface area contributed by atoms with E-state index < -0.39 is 30.5 Å². The third kappa shape index (κ3) is 3.31. The molecule has 0 aromatic rings. The topological polar surface area (TPSA) is 113 Å². The predicted octanol–water partition coefficient (Wildman–Crippen LogP) is -3.01. The number of hydrogen-bond acceptors (Lipinski definition) is 6. The van der Waals surface area contributed by atoms with E-state index >= 15 is 0 Å². The average molecular weight is 176 g/mol. The molecule has 0 amide bonds. The summed E-state index contributed by atoms with van der Waals surface area (Å²) in [6.07, 6.45) is -1.92. The van der Waals surface area contributed by atoms with Crippen LogP contribution in [0.25, 0.3) is 0 Å². The van der Waals surface area contributed by atoms with Crippen molar-refractivity contribution in [1.82, 2.24) is 0 Å². The molecule has 6 nitrogen and oxygen atoms in total. The highest BCUT2D eigenvalue weighted by Crippen LogP contribution is 1.97. The number of aliphatic hydroxyl groups is 1. The second-order valence-corrected chi connectivity index (χ2v) is 2.19. The molecule has 0 saturated heterocycles. The number of nitrogens with two attached hydrogens (primary N) is 1. The van der Waals surface area contributed by atoms with Crippen molar-refractivity contribution in [2.24, 2.45) is 5.73 Å². The molecule has 0 spiro atoms. The monoisotopic (exact) mass is 176 g/mol. The number of aliphatic carboxylic acids is 1. The van der Waals surface area contributed by atoms with Gasteiger partial charge in [0.2, 0.25) is 0 Å². The summed E-state index contributed by atoms with van der Waals surface area (Å²) in [5, 5.41) is 19.0. The lowest BCUT2D eigenvalue weighted by molar-refractivity contribution is -0.309. The molecule has 0 aliphatic heterocycles. The SMILES string of the molecule is COC(=O)C[C@H](O)[C@@H](N)C(=O)[O-]. The van der Waals surface area contributed by atoms with Gasteiger partial charge in [0, 0.05) is 0 Å². The molecule has 0 aliphatic rings. The summed E-state index contributed by atoms with van der Waals surface area (Å²) in [4.78, 5) is 20.6. The van der Waals surface area contributed by atoms with Crippen LogP contribution >= 0.6 is 0 Å². The number of ether oxygens (including phenoxy) is 1. The number of methoxy groups -OCH3 is 1. The van der Waals surface area contributed by atoms with E-state index in [1.54, 1.807) is 0 Å². The minimum absolute atomic E-state index is 0.453. The van der Waals surface area contributed by atoms with Crippen LogP contribution in [0.3, 0.4) is 0 Å². The number of esters is 1. The number of carboxylic acid groups (broad SMARTS) is 1. The van der Waals surface area contributed by atoms with Gasteiger partial charge in [-0.2, -0.15) is 0 Å². The standard InChI is InChI=1S/C6H11NO5/c1-12-4(9)2-3(8)5(7)6(10)11/h3,5,8H,2,7H2,1H3,(H,10,11)/p-1/t3-,5+/m0/s1. The summed E-state index contributed by atoms with van der Waals surface area (Å²) in [5.74, 6) is -2.33. The molecule has 12 heavy (non-hydrogen) atoms. The van der Waals surface area contributed by atoms with E-state index in [1.165, 1.54) is 0 Å². The zero-order valence-corrected chi connectivity index (χ0v) is 6.52. The Labute approximate surface area is 68.9 Å². The quantitative estimate of drug-likeness (QED) is 0.441. The van der Waals surface area contributed by atoms with Crippen molar-refractivity contribution >= 4 is 11.9 Å². The Kier molecular flexibility index (Phi) is 4.24. The van der Waals surface area contributed by atoms with E-state index in [-0.39, 0.29) is 0 Å². The van der Waals surface area contributed by atoms with Gasteiger partial charge in [-0.1, -0.05) is 0 Å². The Balaban J connectivity index is 3.94. The molecule has 0 heterocycles. The minimum atomic E-state index is -1.61. The van der Waals surface area contributed by atoms with Crippen molar-refractivity contribution < 1.29 is 24.5 Å². The Bertz CT molecular complexity index is 181. The van der Waals surface area contributed by atoms with Crippen LogP contribution in [-0.4, -0.2) is 36.3 Å². The Morgan fingerprint density at radius 2 is 2.17 bits per heavy atom. The summed E-state index contributed by atoms with van der Waals surface area (Å²) >= 11 is 0. The molecule has 2 atom stereocenters. The van der Waals surface area contributed by atoms with E-state index in [0.717, 1.165) is 7.11 Å². The van der Waals surface area contributed by atoms with Crippen molar-refractivity contribution in [3.05, 3.63) is 0 Å². The largest absolute Gasteiger partial charge is 0.548 e. The van der Waals surface area contributed by atoms with Gasteiger partial charge >= 0.3 is 5.97 Å². The van der Waals surface area contributed by atoms with Gasteiger partial charge in [-0.25, -0.2) is 0 Å². The highest BCUT2D eigenvalue weighted by atomic mass is 16.5. The third-order valence-electron chi connectivity index (χ3n) is 1.29. The maximum Gasteiger partial charge on any atom is 0.308 e. The zero-order valence-electron chi connectivity index (χ0n) is 6.52. The van der Waals surface area contributed by atoms with Crippen molar-refractivity contribution in [3.8, 4) is 0 Å². The van der Waals surface area contributed by atoms with E-state index in [9.17, 15) is 14.7 Å². The molecule has 0 aliphatic carbocycles. The fraction of sp³-hybridized carbons (Fsp3) is 0.667. The van der Waals surface area contributed by atoms with Gasteiger partial charge in [-0.05, 0) is 0 Å². The molecular weight excluding hydrogens is 166 g/mol. The van der Waals surface area contributed by atoms with E-state index in [2.05, 4.69) is 4.74 Å². The lowest BCUT2D eigenvalue weighted by Crippen LogP contribution is -2.50. The number of carboxylic acids is 1. The number of carbonyl (C=O) groups excluding carboxylic acids is 2. The van der Waals surface area contributed by atoms with Gasteiger partial charge in [0.05, 0.1) is 31.6 Å². The summed E-state index contributed by atoms with van der Waals surface area (Å²) in [6.45, 7) is 0. The molecule has 0 aromatic heterocycles. The maximum absolute atomic E-state index is 10.5. The Morgan fingerprint density at radius 3 is 2.50 bits per heavy atom. The Morgan fingerprint density at radius 1 is 1.67 bits per heavy atom. The molecular formula is C6H10NO5-. The van der Waals surface area contributed by atoms with E-state index in [4.69, 9.17) is 10.8 Å². The predicted molar refractivity (Wildman–Crippen MR) is 35.6 cm³/mol. The van der Waals surface area contributed by atoms with Crippen molar-refractivity contribution in [2.45, 2.75) is 18.6 Å². The van der Waals surface area contributed by atoms with Gasteiger partial charge in [-0.15, -0.1) is 0 Å². The molecule has 6 heteroatoms. The van der Waals surface area contributed by atoms with Crippen LogP contribution in [0.15, 0.2) is 0 Å². The summed E-state index contributed by atoms with van der Waals surface area (Å²) in [7, 11) is 1.12. The first-order valence-corrected chi connectivity index (χ1v) is 3.20. The molecule has 3 N–H and O–H groups in total. The number of hydrogen-bond donors (Lipinski definition) is 2. The van der Waals surface area contributed by atoms with Crippen LogP contribution in [0.1, 0.15) is 6.42 Å². The zero-order chi connectivity index (χ0) is 9.72. The second kappa shape index (κ2) is 4.68. The molecule has 0 fully saturated rings. The Hall–Kier alpha value is -1.14.